The summed E-state index contributed by atoms with van der Waals surface area (Å²) < 4.78 is 11.4. The summed E-state index contributed by atoms with van der Waals surface area (Å²) in [6, 6.07) is 12.7. The molecule has 0 aromatic heterocycles. The minimum atomic E-state index is -0.165. The van der Waals surface area contributed by atoms with Gasteiger partial charge in [0.15, 0.2) is 11.5 Å². The molecule has 0 aliphatic heterocycles. The molecular weight excluding hydrogens is 412 g/mol. The summed E-state index contributed by atoms with van der Waals surface area (Å²) in [6.45, 7) is 0.754. The molecule has 0 spiro atoms. The number of amides is 2. The van der Waals surface area contributed by atoms with Crippen LogP contribution in [0.15, 0.2) is 46.9 Å². The van der Waals surface area contributed by atoms with Crippen LogP contribution in [0.5, 0.6) is 11.5 Å². The highest BCUT2D eigenvalue weighted by molar-refractivity contribution is 9.10. The molecule has 27 heavy (non-hydrogen) atoms. The zero-order chi connectivity index (χ0) is 19.6. The number of nitrogens with one attached hydrogen (secondary N) is 2. The van der Waals surface area contributed by atoms with Crippen LogP contribution in [0.4, 0.5) is 0 Å². The Balaban J connectivity index is 1.69. The fourth-order valence-corrected chi connectivity index (χ4v) is 2.73. The van der Waals surface area contributed by atoms with Gasteiger partial charge in [-0.1, -0.05) is 22.0 Å². The summed E-state index contributed by atoms with van der Waals surface area (Å²) in [5, 5.41) is 5.58. The third-order valence-corrected chi connectivity index (χ3v) is 4.46. The van der Waals surface area contributed by atoms with Crippen molar-refractivity contribution < 1.29 is 19.1 Å². The van der Waals surface area contributed by atoms with Gasteiger partial charge in [-0.2, -0.15) is 0 Å². The lowest BCUT2D eigenvalue weighted by molar-refractivity contribution is -0.121. The van der Waals surface area contributed by atoms with E-state index >= 15 is 0 Å². The van der Waals surface area contributed by atoms with Crippen molar-refractivity contribution in [2.45, 2.75) is 12.8 Å². The van der Waals surface area contributed by atoms with Crippen LogP contribution in [0.2, 0.25) is 0 Å². The Bertz CT molecular complexity index is 778. The fraction of sp³-hybridized carbons (Fsp3) is 0.300. The molecule has 2 N–H and O–H groups in total. The number of carbonyl (C=O) groups is 2. The van der Waals surface area contributed by atoms with Gasteiger partial charge in [0, 0.05) is 29.5 Å². The lowest BCUT2D eigenvalue weighted by Crippen LogP contribution is -2.34. The van der Waals surface area contributed by atoms with Gasteiger partial charge in [0.2, 0.25) is 5.91 Å². The molecule has 2 amide bonds. The standard InChI is InChI=1S/C20H23BrN2O4/c1-26-17-9-3-14(13-18(17)27-2)4-10-19(24)22-11-12-23-20(25)15-5-7-16(21)8-6-15/h3,5-9,13H,4,10-12H2,1-2H3,(H,22,24)(H,23,25). The van der Waals surface area contributed by atoms with E-state index in [9.17, 15) is 9.59 Å². The minimum Gasteiger partial charge on any atom is -0.493 e. The van der Waals surface area contributed by atoms with Gasteiger partial charge in [0.1, 0.15) is 0 Å². The van der Waals surface area contributed by atoms with E-state index in [-0.39, 0.29) is 11.8 Å². The summed E-state index contributed by atoms with van der Waals surface area (Å²) in [5.41, 5.74) is 1.57. The lowest BCUT2D eigenvalue weighted by atomic mass is 10.1. The summed E-state index contributed by atoms with van der Waals surface area (Å²) in [4.78, 5) is 23.9. The molecule has 0 aliphatic carbocycles. The number of hydrogen-bond donors (Lipinski definition) is 2. The van der Waals surface area contributed by atoms with Crippen LogP contribution in [-0.4, -0.2) is 39.1 Å². The second-order valence-corrected chi connectivity index (χ2v) is 6.72. The predicted molar refractivity (Wildman–Crippen MR) is 107 cm³/mol. The van der Waals surface area contributed by atoms with Gasteiger partial charge < -0.3 is 20.1 Å². The molecule has 0 bridgehead atoms. The van der Waals surface area contributed by atoms with E-state index in [0.29, 0.717) is 43.0 Å². The number of benzene rings is 2. The van der Waals surface area contributed by atoms with E-state index in [4.69, 9.17) is 9.47 Å². The van der Waals surface area contributed by atoms with Crippen LogP contribution in [0.25, 0.3) is 0 Å². The van der Waals surface area contributed by atoms with Crippen molar-refractivity contribution in [3.8, 4) is 11.5 Å². The highest BCUT2D eigenvalue weighted by atomic mass is 79.9. The number of halogens is 1. The number of methoxy groups -OCH3 is 2. The van der Waals surface area contributed by atoms with E-state index < -0.39 is 0 Å². The van der Waals surface area contributed by atoms with Crippen molar-refractivity contribution in [1.82, 2.24) is 10.6 Å². The number of hydrogen-bond acceptors (Lipinski definition) is 4. The summed E-state index contributed by atoms with van der Waals surface area (Å²) in [5.74, 6) is 1.07. The Kier molecular flexibility index (Phi) is 8.13. The molecule has 6 nitrogen and oxygen atoms in total. The quantitative estimate of drug-likeness (QED) is 0.594. The summed E-state index contributed by atoms with van der Waals surface area (Å²) >= 11 is 3.33. The monoisotopic (exact) mass is 434 g/mol. The molecular formula is C20H23BrN2O4. The smallest absolute Gasteiger partial charge is 0.251 e. The Morgan fingerprint density at radius 1 is 0.926 bits per heavy atom. The first-order valence-corrected chi connectivity index (χ1v) is 9.34. The van der Waals surface area contributed by atoms with Gasteiger partial charge in [-0.3, -0.25) is 9.59 Å². The molecule has 0 atom stereocenters. The average Bonchev–Trinajstić information content (AvgIpc) is 2.69. The van der Waals surface area contributed by atoms with Gasteiger partial charge in [-0.05, 0) is 48.4 Å². The average molecular weight is 435 g/mol. The molecule has 0 fully saturated rings. The minimum absolute atomic E-state index is 0.0670. The number of aryl methyl sites for hydroxylation is 1. The van der Waals surface area contributed by atoms with Gasteiger partial charge in [-0.15, -0.1) is 0 Å². The first-order valence-electron chi connectivity index (χ1n) is 8.55. The molecule has 2 rings (SSSR count). The SMILES string of the molecule is COc1ccc(CCC(=O)NCCNC(=O)c2ccc(Br)cc2)cc1OC. The lowest BCUT2D eigenvalue weighted by Gasteiger charge is -2.10. The van der Waals surface area contributed by atoms with Crippen LogP contribution >= 0.6 is 15.9 Å². The molecule has 7 heteroatoms. The predicted octanol–water partition coefficient (Wildman–Crippen LogP) is 2.95. The van der Waals surface area contributed by atoms with Gasteiger partial charge in [0.05, 0.1) is 14.2 Å². The molecule has 2 aromatic rings. The van der Waals surface area contributed by atoms with Crippen LogP contribution in [0.3, 0.4) is 0 Å². The fourth-order valence-electron chi connectivity index (χ4n) is 2.46. The van der Waals surface area contributed by atoms with E-state index in [1.165, 1.54) is 0 Å². The maximum absolute atomic E-state index is 12.0. The maximum atomic E-state index is 12.0. The Morgan fingerprint density at radius 2 is 1.59 bits per heavy atom. The largest absolute Gasteiger partial charge is 0.493 e. The zero-order valence-corrected chi connectivity index (χ0v) is 17.0. The van der Waals surface area contributed by atoms with E-state index in [1.807, 2.05) is 30.3 Å². The molecule has 0 saturated heterocycles. The van der Waals surface area contributed by atoms with Crippen molar-refractivity contribution >= 4 is 27.7 Å². The molecule has 0 aliphatic rings. The first-order chi connectivity index (χ1) is 13.0. The van der Waals surface area contributed by atoms with Crippen molar-refractivity contribution in [2.75, 3.05) is 27.3 Å². The molecule has 2 aromatic carbocycles. The van der Waals surface area contributed by atoms with Crippen LogP contribution in [-0.2, 0) is 11.2 Å². The van der Waals surface area contributed by atoms with Gasteiger partial charge in [0.25, 0.3) is 5.91 Å². The third-order valence-electron chi connectivity index (χ3n) is 3.93. The first kappa shape index (κ1) is 20.8. The Morgan fingerprint density at radius 3 is 2.26 bits per heavy atom. The molecule has 0 heterocycles. The molecule has 0 radical (unpaired) electrons. The number of carbonyl (C=O) groups excluding carboxylic acids is 2. The second kappa shape index (κ2) is 10.6. The Labute approximate surface area is 167 Å². The Hall–Kier alpha value is -2.54. The van der Waals surface area contributed by atoms with E-state index in [0.717, 1.165) is 10.0 Å². The number of ether oxygens (including phenoxy) is 2. The van der Waals surface area contributed by atoms with E-state index in [2.05, 4.69) is 26.6 Å². The van der Waals surface area contributed by atoms with Crippen LogP contribution in [0.1, 0.15) is 22.3 Å². The van der Waals surface area contributed by atoms with Crippen molar-refractivity contribution in [3.63, 3.8) is 0 Å². The highest BCUT2D eigenvalue weighted by Gasteiger charge is 2.08. The zero-order valence-electron chi connectivity index (χ0n) is 15.4. The molecule has 0 saturated carbocycles. The van der Waals surface area contributed by atoms with Gasteiger partial charge >= 0.3 is 0 Å². The summed E-state index contributed by atoms with van der Waals surface area (Å²) in [6.07, 6.45) is 0.952. The highest BCUT2D eigenvalue weighted by Crippen LogP contribution is 2.27. The van der Waals surface area contributed by atoms with Gasteiger partial charge in [-0.25, -0.2) is 0 Å². The van der Waals surface area contributed by atoms with Crippen molar-refractivity contribution in [2.24, 2.45) is 0 Å². The summed E-state index contributed by atoms with van der Waals surface area (Å²) in [7, 11) is 3.16. The normalized spacial score (nSPS) is 10.2. The van der Waals surface area contributed by atoms with Crippen molar-refractivity contribution in [1.29, 1.82) is 0 Å². The molecule has 0 unspecified atom stereocenters. The number of rotatable bonds is 9. The van der Waals surface area contributed by atoms with Crippen LogP contribution < -0.4 is 20.1 Å². The topological polar surface area (TPSA) is 76.7 Å². The molecule has 144 valence electrons. The van der Waals surface area contributed by atoms with E-state index in [1.54, 1.807) is 26.4 Å². The third kappa shape index (κ3) is 6.60. The maximum Gasteiger partial charge on any atom is 0.251 e. The van der Waals surface area contributed by atoms with Crippen molar-refractivity contribution in [3.05, 3.63) is 58.1 Å². The van der Waals surface area contributed by atoms with Crippen LogP contribution in [0, 0.1) is 0 Å². The second-order valence-electron chi connectivity index (χ2n) is 5.80.